The van der Waals surface area contributed by atoms with Gasteiger partial charge in [-0.3, -0.25) is 0 Å². The summed E-state index contributed by atoms with van der Waals surface area (Å²) in [5, 5.41) is 0. The SMILES string of the molecule is CCOC(=O)c1c(F)c(F)c(CN)c(F)c1F. The third-order valence-corrected chi connectivity index (χ3v) is 2.04. The zero-order valence-electron chi connectivity index (χ0n) is 8.82. The molecule has 0 atom stereocenters. The molecule has 2 N–H and O–H groups in total. The minimum atomic E-state index is -1.80. The lowest BCUT2D eigenvalue weighted by Gasteiger charge is -2.09. The second-order valence-electron chi connectivity index (χ2n) is 3.03. The van der Waals surface area contributed by atoms with Crippen LogP contribution < -0.4 is 5.73 Å². The molecule has 0 radical (unpaired) electrons. The van der Waals surface area contributed by atoms with Crippen LogP contribution in [0, 0.1) is 23.3 Å². The zero-order chi connectivity index (χ0) is 13.2. The molecule has 94 valence electrons. The number of halogens is 4. The lowest BCUT2D eigenvalue weighted by atomic mass is 10.1. The van der Waals surface area contributed by atoms with E-state index in [2.05, 4.69) is 4.74 Å². The fourth-order valence-electron chi connectivity index (χ4n) is 1.24. The van der Waals surface area contributed by atoms with Gasteiger partial charge in [-0.1, -0.05) is 0 Å². The Morgan fingerprint density at radius 1 is 1.12 bits per heavy atom. The van der Waals surface area contributed by atoms with Crippen molar-refractivity contribution in [2.24, 2.45) is 5.73 Å². The summed E-state index contributed by atoms with van der Waals surface area (Å²) in [6.07, 6.45) is 0. The molecule has 0 saturated carbocycles. The molecule has 0 aliphatic heterocycles. The Hall–Kier alpha value is -1.63. The normalized spacial score (nSPS) is 10.5. The van der Waals surface area contributed by atoms with Gasteiger partial charge in [0.25, 0.3) is 0 Å². The Morgan fingerprint density at radius 3 is 1.94 bits per heavy atom. The summed E-state index contributed by atoms with van der Waals surface area (Å²) in [5.74, 6) is -8.45. The largest absolute Gasteiger partial charge is 0.462 e. The highest BCUT2D eigenvalue weighted by Crippen LogP contribution is 2.24. The van der Waals surface area contributed by atoms with Crippen molar-refractivity contribution in [2.75, 3.05) is 6.61 Å². The van der Waals surface area contributed by atoms with E-state index in [1.165, 1.54) is 6.92 Å². The van der Waals surface area contributed by atoms with Crippen molar-refractivity contribution in [1.82, 2.24) is 0 Å². The highest BCUT2D eigenvalue weighted by molar-refractivity contribution is 5.90. The van der Waals surface area contributed by atoms with Gasteiger partial charge in [-0.25, -0.2) is 22.4 Å². The minimum Gasteiger partial charge on any atom is -0.462 e. The number of rotatable bonds is 3. The van der Waals surface area contributed by atoms with Crippen molar-refractivity contribution in [1.29, 1.82) is 0 Å². The van der Waals surface area contributed by atoms with Crippen LogP contribution in [0.25, 0.3) is 0 Å². The van der Waals surface area contributed by atoms with Crippen LogP contribution in [-0.4, -0.2) is 12.6 Å². The van der Waals surface area contributed by atoms with Gasteiger partial charge < -0.3 is 10.5 Å². The van der Waals surface area contributed by atoms with Gasteiger partial charge in [-0.15, -0.1) is 0 Å². The molecule has 0 aliphatic rings. The van der Waals surface area contributed by atoms with Gasteiger partial charge in [-0.2, -0.15) is 0 Å². The van der Waals surface area contributed by atoms with Gasteiger partial charge in [0.2, 0.25) is 0 Å². The van der Waals surface area contributed by atoms with Crippen molar-refractivity contribution >= 4 is 5.97 Å². The standard InChI is InChI=1S/C10H9F4NO2/c1-2-17-10(16)5-8(13)6(11)4(3-15)7(12)9(5)14/h2-3,15H2,1H3. The zero-order valence-corrected chi connectivity index (χ0v) is 8.82. The predicted molar refractivity (Wildman–Crippen MR) is 50.1 cm³/mol. The maximum absolute atomic E-state index is 13.3. The summed E-state index contributed by atoms with van der Waals surface area (Å²) in [6, 6.07) is 0. The monoisotopic (exact) mass is 251 g/mol. The molecule has 1 aromatic carbocycles. The van der Waals surface area contributed by atoms with Crippen LogP contribution in [0.4, 0.5) is 17.6 Å². The Balaban J connectivity index is 3.48. The molecule has 0 fully saturated rings. The number of benzene rings is 1. The van der Waals surface area contributed by atoms with E-state index < -0.39 is 46.9 Å². The topological polar surface area (TPSA) is 52.3 Å². The third kappa shape index (κ3) is 2.23. The van der Waals surface area contributed by atoms with E-state index in [0.717, 1.165) is 0 Å². The molecule has 1 aromatic rings. The Kier molecular flexibility index (Phi) is 4.06. The number of hydrogen-bond donors (Lipinski definition) is 1. The van der Waals surface area contributed by atoms with E-state index in [1.807, 2.05) is 0 Å². The molecule has 0 bridgehead atoms. The Morgan fingerprint density at radius 2 is 1.59 bits per heavy atom. The molecule has 1 rings (SSSR count). The summed E-state index contributed by atoms with van der Waals surface area (Å²) in [7, 11) is 0. The molecule has 0 amide bonds. The number of esters is 1. The smallest absolute Gasteiger partial charge is 0.344 e. The summed E-state index contributed by atoms with van der Waals surface area (Å²) in [4.78, 5) is 11.1. The van der Waals surface area contributed by atoms with Gasteiger partial charge in [0, 0.05) is 12.1 Å². The molecule has 3 nitrogen and oxygen atoms in total. The summed E-state index contributed by atoms with van der Waals surface area (Å²) < 4.78 is 57.4. The van der Waals surface area contributed by atoms with Crippen LogP contribution in [0.3, 0.4) is 0 Å². The second-order valence-corrected chi connectivity index (χ2v) is 3.03. The first-order valence-electron chi connectivity index (χ1n) is 4.67. The van der Waals surface area contributed by atoms with Crippen molar-refractivity contribution in [3.63, 3.8) is 0 Å². The molecule has 0 spiro atoms. The van der Waals surface area contributed by atoms with Crippen LogP contribution in [0.1, 0.15) is 22.8 Å². The molecule has 7 heteroatoms. The number of hydrogen-bond acceptors (Lipinski definition) is 3. The summed E-state index contributed by atoms with van der Waals surface area (Å²) in [6.45, 7) is 0.475. The lowest BCUT2D eigenvalue weighted by molar-refractivity contribution is 0.0512. The third-order valence-electron chi connectivity index (χ3n) is 2.04. The number of nitrogens with two attached hydrogens (primary N) is 1. The summed E-state index contributed by atoms with van der Waals surface area (Å²) >= 11 is 0. The van der Waals surface area contributed by atoms with Crippen LogP contribution in [0.15, 0.2) is 0 Å². The van der Waals surface area contributed by atoms with Crippen LogP contribution >= 0.6 is 0 Å². The van der Waals surface area contributed by atoms with Gasteiger partial charge >= 0.3 is 5.97 Å². The van der Waals surface area contributed by atoms with Gasteiger partial charge in [-0.05, 0) is 6.92 Å². The van der Waals surface area contributed by atoms with Crippen molar-refractivity contribution in [2.45, 2.75) is 13.5 Å². The van der Waals surface area contributed by atoms with Crippen molar-refractivity contribution < 1.29 is 27.1 Å². The second kappa shape index (κ2) is 5.13. The first-order valence-corrected chi connectivity index (χ1v) is 4.67. The van der Waals surface area contributed by atoms with E-state index in [0.29, 0.717) is 0 Å². The average molecular weight is 251 g/mol. The minimum absolute atomic E-state index is 0.181. The molecule has 0 aliphatic carbocycles. The molecule has 0 heterocycles. The van der Waals surface area contributed by atoms with Gasteiger partial charge in [0.15, 0.2) is 23.3 Å². The first-order chi connectivity index (χ1) is 7.95. The van der Waals surface area contributed by atoms with E-state index in [-0.39, 0.29) is 6.61 Å². The van der Waals surface area contributed by atoms with E-state index in [1.54, 1.807) is 0 Å². The molecular formula is C10H9F4NO2. The molecule has 0 saturated heterocycles. The van der Waals surface area contributed by atoms with E-state index >= 15 is 0 Å². The maximum Gasteiger partial charge on any atom is 0.344 e. The van der Waals surface area contributed by atoms with E-state index in [9.17, 15) is 22.4 Å². The van der Waals surface area contributed by atoms with Crippen molar-refractivity contribution in [3.05, 3.63) is 34.4 Å². The fourth-order valence-corrected chi connectivity index (χ4v) is 1.24. The number of carbonyl (C=O) groups is 1. The molecule has 0 unspecified atom stereocenters. The highest BCUT2D eigenvalue weighted by atomic mass is 19.2. The quantitative estimate of drug-likeness (QED) is 0.507. The maximum atomic E-state index is 13.3. The highest BCUT2D eigenvalue weighted by Gasteiger charge is 2.29. The molecule has 0 aromatic heterocycles. The van der Waals surface area contributed by atoms with Gasteiger partial charge in [0.1, 0.15) is 5.56 Å². The molecule has 17 heavy (non-hydrogen) atoms. The van der Waals surface area contributed by atoms with Gasteiger partial charge in [0.05, 0.1) is 6.61 Å². The van der Waals surface area contributed by atoms with E-state index in [4.69, 9.17) is 5.73 Å². The molecular weight excluding hydrogens is 242 g/mol. The average Bonchev–Trinajstić information content (AvgIpc) is 2.28. The predicted octanol–water partition coefficient (Wildman–Crippen LogP) is 1.88. The lowest BCUT2D eigenvalue weighted by Crippen LogP contribution is -2.17. The Bertz CT molecular complexity index is 433. The van der Waals surface area contributed by atoms with Crippen LogP contribution in [-0.2, 0) is 11.3 Å². The van der Waals surface area contributed by atoms with Crippen LogP contribution in [0.2, 0.25) is 0 Å². The van der Waals surface area contributed by atoms with Crippen molar-refractivity contribution in [3.8, 4) is 0 Å². The number of carbonyl (C=O) groups excluding carboxylic acids is 1. The fraction of sp³-hybridized carbons (Fsp3) is 0.300. The van der Waals surface area contributed by atoms with Crippen LogP contribution in [0.5, 0.6) is 0 Å². The Labute approximate surface area is 94.2 Å². The first kappa shape index (κ1) is 13.4. The number of ether oxygens (including phenoxy) is 1. The summed E-state index contributed by atoms with van der Waals surface area (Å²) in [5.41, 5.74) is 2.60.